The number of hydrogen-bond donors (Lipinski definition) is 4. The summed E-state index contributed by atoms with van der Waals surface area (Å²) in [6.07, 6.45) is -1.80. The summed E-state index contributed by atoms with van der Waals surface area (Å²) in [6, 6.07) is 4.91. The van der Waals surface area contributed by atoms with Crippen molar-refractivity contribution in [3.63, 3.8) is 0 Å². The second-order valence-corrected chi connectivity index (χ2v) is 4.05. The van der Waals surface area contributed by atoms with Gasteiger partial charge in [0.1, 0.15) is 18.8 Å². The number of aliphatic hydroxyl groups is 1. The van der Waals surface area contributed by atoms with Crippen LogP contribution in [0.25, 0.3) is 0 Å². The number of thiocarbonyl (C=S) groups is 1. The molecule has 5 N–H and O–H groups in total. The number of aliphatic hydroxyl groups excluding tert-OH is 1. The third-order valence-electron chi connectivity index (χ3n) is 2.30. The molecule has 1 aromatic carbocycles. The summed E-state index contributed by atoms with van der Waals surface area (Å²) in [4.78, 5) is 21.8. The first-order chi connectivity index (χ1) is 9.43. The van der Waals surface area contributed by atoms with Gasteiger partial charge in [-0.25, -0.2) is 4.79 Å². The minimum Gasteiger partial charge on any atom is -0.480 e. The van der Waals surface area contributed by atoms with Crippen LogP contribution in [0.2, 0.25) is 0 Å². The SMILES string of the molecule is NC(COC(=O)Nc1ccc(C(O)[C]=S)cc1)C(=O)O. The molecule has 0 aliphatic heterocycles. The highest BCUT2D eigenvalue weighted by molar-refractivity contribution is 7.79. The molecule has 1 radical (unpaired) electrons. The molecule has 2 atom stereocenters. The van der Waals surface area contributed by atoms with Crippen LogP contribution in [0.4, 0.5) is 10.5 Å². The number of rotatable bonds is 6. The van der Waals surface area contributed by atoms with E-state index in [0.717, 1.165) is 0 Å². The molecule has 0 saturated heterocycles. The van der Waals surface area contributed by atoms with Gasteiger partial charge in [0, 0.05) is 5.69 Å². The van der Waals surface area contributed by atoms with Crippen LogP contribution < -0.4 is 11.1 Å². The third kappa shape index (κ3) is 4.92. The number of carboxylic acids is 1. The summed E-state index contributed by atoms with van der Waals surface area (Å²) in [7, 11) is 0. The van der Waals surface area contributed by atoms with Crippen molar-refractivity contribution < 1.29 is 24.5 Å². The van der Waals surface area contributed by atoms with Gasteiger partial charge in [0.05, 0.1) is 5.37 Å². The average Bonchev–Trinajstić information content (AvgIpc) is 2.44. The summed E-state index contributed by atoms with van der Waals surface area (Å²) >= 11 is 4.49. The Morgan fingerprint density at radius 3 is 2.50 bits per heavy atom. The summed E-state index contributed by atoms with van der Waals surface area (Å²) in [6.45, 7) is -0.433. The summed E-state index contributed by atoms with van der Waals surface area (Å²) in [5, 5.41) is 22.5. The fourth-order valence-electron chi connectivity index (χ4n) is 1.21. The van der Waals surface area contributed by atoms with Gasteiger partial charge in [0.15, 0.2) is 0 Å². The molecule has 0 aliphatic rings. The van der Waals surface area contributed by atoms with Crippen LogP contribution in [0.1, 0.15) is 11.7 Å². The number of anilines is 1. The molecular formula is C12H13N2O5S. The van der Waals surface area contributed by atoms with E-state index in [1.807, 2.05) is 0 Å². The summed E-state index contributed by atoms with van der Waals surface area (Å²) in [5.41, 5.74) is 6.13. The van der Waals surface area contributed by atoms with Crippen LogP contribution in [-0.4, -0.2) is 40.3 Å². The van der Waals surface area contributed by atoms with Crippen molar-refractivity contribution in [2.45, 2.75) is 12.1 Å². The number of aliphatic carboxylic acids is 1. The minimum absolute atomic E-state index is 0.416. The number of carboxylic acid groups (broad SMARTS) is 1. The fraction of sp³-hybridized carbons (Fsp3) is 0.250. The van der Waals surface area contributed by atoms with Crippen LogP contribution in [0.5, 0.6) is 0 Å². The first kappa shape index (κ1) is 16.0. The molecule has 0 fully saturated rings. The first-order valence-electron chi connectivity index (χ1n) is 5.52. The first-order valence-corrected chi connectivity index (χ1v) is 5.92. The van der Waals surface area contributed by atoms with Gasteiger partial charge in [-0.15, -0.1) is 0 Å². The normalized spacial score (nSPS) is 13.1. The third-order valence-corrected chi connectivity index (χ3v) is 2.52. The maximum Gasteiger partial charge on any atom is 0.411 e. The predicted octanol–water partition coefficient (Wildman–Crippen LogP) is 0.557. The zero-order valence-electron chi connectivity index (χ0n) is 10.3. The monoisotopic (exact) mass is 297 g/mol. The molecule has 0 heterocycles. The van der Waals surface area contributed by atoms with E-state index in [-0.39, 0.29) is 0 Å². The summed E-state index contributed by atoms with van der Waals surface area (Å²) in [5.74, 6) is -1.26. The maximum atomic E-state index is 11.4. The van der Waals surface area contributed by atoms with Gasteiger partial charge in [-0.1, -0.05) is 24.4 Å². The lowest BCUT2D eigenvalue weighted by Crippen LogP contribution is -2.36. The molecule has 0 saturated carbocycles. The average molecular weight is 297 g/mol. The molecule has 8 heteroatoms. The molecule has 1 rings (SSSR count). The molecular weight excluding hydrogens is 284 g/mol. The van der Waals surface area contributed by atoms with E-state index >= 15 is 0 Å². The van der Waals surface area contributed by atoms with Gasteiger partial charge >= 0.3 is 12.1 Å². The Morgan fingerprint density at radius 2 is 2.00 bits per heavy atom. The lowest BCUT2D eigenvalue weighted by molar-refractivity contribution is -0.139. The van der Waals surface area contributed by atoms with Gasteiger partial charge < -0.3 is 20.7 Å². The molecule has 0 aliphatic carbocycles. The Labute approximate surface area is 120 Å². The van der Waals surface area contributed by atoms with E-state index in [0.29, 0.717) is 11.3 Å². The lowest BCUT2D eigenvalue weighted by atomic mass is 10.1. The van der Waals surface area contributed by atoms with Crippen molar-refractivity contribution in [2.75, 3.05) is 11.9 Å². The molecule has 20 heavy (non-hydrogen) atoms. The number of nitrogens with one attached hydrogen (secondary N) is 1. The minimum atomic E-state index is -1.27. The van der Waals surface area contributed by atoms with E-state index in [1.165, 1.54) is 12.1 Å². The highest BCUT2D eigenvalue weighted by atomic mass is 32.1. The molecule has 107 valence electrons. The Bertz CT molecular complexity index is 491. The van der Waals surface area contributed by atoms with Gasteiger partial charge in [0.2, 0.25) is 0 Å². The van der Waals surface area contributed by atoms with E-state index in [9.17, 15) is 14.7 Å². The molecule has 1 amide bonds. The Kier molecular flexibility index (Phi) is 6.04. The van der Waals surface area contributed by atoms with Crippen molar-refractivity contribution in [3.05, 3.63) is 29.8 Å². The smallest absolute Gasteiger partial charge is 0.411 e. The van der Waals surface area contributed by atoms with Crippen molar-refractivity contribution in [1.29, 1.82) is 0 Å². The Morgan fingerprint density at radius 1 is 1.40 bits per heavy atom. The Hall–Kier alpha value is -2.03. The second-order valence-electron chi connectivity index (χ2n) is 3.81. The number of nitrogens with two attached hydrogens (primary N) is 1. The zero-order chi connectivity index (χ0) is 15.1. The van der Waals surface area contributed by atoms with Crippen molar-refractivity contribution in [2.24, 2.45) is 5.73 Å². The van der Waals surface area contributed by atoms with Gasteiger partial charge in [-0.2, -0.15) is 0 Å². The van der Waals surface area contributed by atoms with Gasteiger partial charge in [-0.05, 0) is 17.7 Å². The second kappa shape index (κ2) is 7.53. The number of carbonyl (C=O) groups is 2. The molecule has 7 nitrogen and oxygen atoms in total. The zero-order valence-corrected chi connectivity index (χ0v) is 11.1. The number of benzene rings is 1. The van der Waals surface area contributed by atoms with E-state index in [1.54, 1.807) is 12.1 Å². The molecule has 0 spiro atoms. The van der Waals surface area contributed by atoms with Crippen molar-refractivity contribution in [3.8, 4) is 0 Å². The number of amides is 1. The molecule has 0 aromatic heterocycles. The molecule has 2 unspecified atom stereocenters. The van der Waals surface area contributed by atoms with Crippen LogP contribution >= 0.6 is 12.2 Å². The molecule has 0 bridgehead atoms. The van der Waals surface area contributed by atoms with Crippen molar-refractivity contribution >= 4 is 35.3 Å². The van der Waals surface area contributed by atoms with E-state index < -0.39 is 30.8 Å². The van der Waals surface area contributed by atoms with Crippen LogP contribution in [0.3, 0.4) is 0 Å². The van der Waals surface area contributed by atoms with Gasteiger partial charge in [-0.3, -0.25) is 10.1 Å². The van der Waals surface area contributed by atoms with E-state index in [2.05, 4.69) is 27.6 Å². The number of ether oxygens (including phenoxy) is 1. The Balaban J connectivity index is 2.50. The fourth-order valence-corrected chi connectivity index (χ4v) is 1.34. The highest BCUT2D eigenvalue weighted by Crippen LogP contribution is 2.15. The van der Waals surface area contributed by atoms with Crippen LogP contribution in [0.15, 0.2) is 24.3 Å². The number of hydrogen-bond acceptors (Lipinski definition) is 6. The topological polar surface area (TPSA) is 122 Å². The largest absolute Gasteiger partial charge is 0.480 e. The summed E-state index contributed by atoms with van der Waals surface area (Å²) < 4.78 is 4.63. The van der Waals surface area contributed by atoms with Crippen LogP contribution in [-0.2, 0) is 9.53 Å². The maximum absolute atomic E-state index is 11.4. The quantitative estimate of drug-likeness (QED) is 0.566. The van der Waals surface area contributed by atoms with Gasteiger partial charge in [0.25, 0.3) is 0 Å². The molecule has 1 aromatic rings. The predicted molar refractivity (Wildman–Crippen MR) is 74.6 cm³/mol. The lowest BCUT2D eigenvalue weighted by Gasteiger charge is -2.10. The van der Waals surface area contributed by atoms with Crippen molar-refractivity contribution in [1.82, 2.24) is 0 Å². The van der Waals surface area contributed by atoms with Crippen LogP contribution in [0, 0.1) is 0 Å². The number of carbonyl (C=O) groups excluding carboxylic acids is 1. The van der Waals surface area contributed by atoms with E-state index in [4.69, 9.17) is 10.8 Å². The highest BCUT2D eigenvalue weighted by Gasteiger charge is 2.14. The standard InChI is InChI=1S/C12H13N2O5S/c13-9(11(16)17)5-19-12(18)14-8-3-1-7(2-4-8)10(15)6-20/h1-4,9-10,15H,5,13H2,(H,14,18)(H,16,17).